The van der Waals surface area contributed by atoms with Crippen molar-refractivity contribution in [3.8, 4) is 5.75 Å². The molecule has 4 aromatic rings. The van der Waals surface area contributed by atoms with Crippen LogP contribution in [-0.2, 0) is 30.9 Å². The van der Waals surface area contributed by atoms with Crippen molar-refractivity contribution in [3.63, 3.8) is 0 Å². The van der Waals surface area contributed by atoms with Crippen molar-refractivity contribution in [3.05, 3.63) is 93.0 Å². The normalized spacial score (nSPS) is 20.4. The number of imidazole rings is 1. The topological polar surface area (TPSA) is 76.8 Å². The van der Waals surface area contributed by atoms with E-state index in [9.17, 15) is 9.90 Å². The van der Waals surface area contributed by atoms with Crippen LogP contribution in [0.25, 0.3) is 11.0 Å². The molecule has 2 atom stereocenters. The van der Waals surface area contributed by atoms with Gasteiger partial charge in [0.1, 0.15) is 23.7 Å². The van der Waals surface area contributed by atoms with Gasteiger partial charge in [-0.1, -0.05) is 35.9 Å². The van der Waals surface area contributed by atoms with E-state index >= 15 is 4.39 Å². The summed E-state index contributed by atoms with van der Waals surface area (Å²) in [5.74, 6) is 0.0274. The molecule has 1 saturated heterocycles. The molecule has 218 valence electrons. The molecule has 3 aromatic carbocycles. The molecule has 1 N–H and O–H groups in total. The van der Waals surface area contributed by atoms with E-state index in [0.29, 0.717) is 48.4 Å². The van der Waals surface area contributed by atoms with Crippen LogP contribution in [0.1, 0.15) is 76.6 Å². The minimum absolute atomic E-state index is 0.0406. The number of carboxylic acid groups (broad SMARTS) is 1. The van der Waals surface area contributed by atoms with Gasteiger partial charge in [0.05, 0.1) is 35.3 Å². The van der Waals surface area contributed by atoms with Gasteiger partial charge in [0, 0.05) is 19.2 Å². The Balaban J connectivity index is 1.13. The molecule has 0 spiro atoms. The van der Waals surface area contributed by atoms with E-state index in [0.717, 1.165) is 36.4 Å². The molecule has 42 heavy (non-hydrogen) atoms. The first-order valence-corrected chi connectivity index (χ1v) is 15.0. The van der Waals surface area contributed by atoms with E-state index in [1.165, 1.54) is 30.0 Å². The molecule has 1 aromatic heterocycles. The Labute approximate surface area is 248 Å². The number of hydrogen-bond donors (Lipinski definition) is 1. The fourth-order valence-electron chi connectivity index (χ4n) is 6.19. The summed E-state index contributed by atoms with van der Waals surface area (Å²) < 4.78 is 29.1. The Kier molecular flexibility index (Phi) is 7.16. The molecule has 3 heterocycles. The van der Waals surface area contributed by atoms with Crippen LogP contribution < -0.4 is 4.74 Å². The quantitative estimate of drug-likeness (QED) is 0.229. The van der Waals surface area contributed by atoms with Crippen LogP contribution in [0.4, 0.5) is 4.39 Å². The maximum atomic E-state index is 15.4. The molecule has 2 aliphatic heterocycles. The molecule has 7 rings (SSSR count). The highest BCUT2D eigenvalue weighted by Crippen LogP contribution is 2.40. The number of ether oxygens (including phenoxy) is 2. The zero-order valence-electron chi connectivity index (χ0n) is 23.5. The second-order valence-corrected chi connectivity index (χ2v) is 12.1. The van der Waals surface area contributed by atoms with Gasteiger partial charge in [-0.3, -0.25) is 4.90 Å². The van der Waals surface area contributed by atoms with E-state index in [1.807, 2.05) is 10.6 Å². The van der Waals surface area contributed by atoms with Gasteiger partial charge in [0.25, 0.3) is 0 Å². The van der Waals surface area contributed by atoms with E-state index in [4.69, 9.17) is 26.1 Å². The van der Waals surface area contributed by atoms with Crippen LogP contribution in [-0.4, -0.2) is 44.8 Å². The van der Waals surface area contributed by atoms with E-state index in [1.54, 1.807) is 6.07 Å². The molecule has 0 amide bonds. The summed E-state index contributed by atoms with van der Waals surface area (Å²) in [6.45, 7) is 4.96. The minimum atomic E-state index is -1.29. The number of carboxylic acids is 1. The number of hydrogen-bond acceptors (Lipinski definition) is 5. The van der Waals surface area contributed by atoms with Gasteiger partial charge in [0.2, 0.25) is 0 Å². The summed E-state index contributed by atoms with van der Waals surface area (Å²) in [6, 6.07) is 15.6. The third-order valence-electron chi connectivity index (χ3n) is 8.96. The number of halogens is 2. The van der Waals surface area contributed by atoms with Gasteiger partial charge in [0.15, 0.2) is 5.82 Å². The lowest BCUT2D eigenvalue weighted by molar-refractivity contribution is -0.0593. The first-order chi connectivity index (χ1) is 20.4. The van der Waals surface area contributed by atoms with Crippen molar-refractivity contribution in [2.45, 2.75) is 70.4 Å². The second-order valence-electron chi connectivity index (χ2n) is 11.7. The van der Waals surface area contributed by atoms with Crippen LogP contribution in [0.5, 0.6) is 5.75 Å². The average Bonchev–Trinajstić information content (AvgIpc) is 3.74. The van der Waals surface area contributed by atoms with Gasteiger partial charge in [-0.2, -0.15) is 0 Å². The largest absolute Gasteiger partial charge is 0.487 e. The lowest BCUT2D eigenvalue weighted by Crippen LogP contribution is -2.36. The number of fused-ring (bicyclic) bond motifs is 2. The number of rotatable bonds is 9. The molecule has 0 radical (unpaired) electrons. The van der Waals surface area contributed by atoms with Gasteiger partial charge in [-0.05, 0) is 85.0 Å². The maximum absolute atomic E-state index is 15.4. The highest BCUT2D eigenvalue weighted by atomic mass is 35.5. The Morgan fingerprint density at radius 3 is 2.64 bits per heavy atom. The Morgan fingerprint density at radius 2 is 1.95 bits per heavy atom. The smallest absolute Gasteiger partial charge is 0.338 e. The molecular weight excluding hydrogens is 557 g/mol. The highest BCUT2D eigenvalue weighted by Gasteiger charge is 2.30. The summed E-state index contributed by atoms with van der Waals surface area (Å²) >= 11 is 6.66. The van der Waals surface area contributed by atoms with Crippen LogP contribution in [0.2, 0.25) is 5.02 Å². The van der Waals surface area contributed by atoms with Gasteiger partial charge in [-0.25, -0.2) is 14.2 Å². The Morgan fingerprint density at radius 1 is 1.17 bits per heavy atom. The van der Waals surface area contributed by atoms with Gasteiger partial charge in [-0.15, -0.1) is 0 Å². The summed E-state index contributed by atoms with van der Waals surface area (Å²) in [6.07, 6.45) is 4.21. The minimum Gasteiger partial charge on any atom is -0.487 e. The molecule has 3 aliphatic rings. The molecular formula is C33H33ClFN3O4. The molecule has 9 heteroatoms. The maximum Gasteiger partial charge on any atom is 0.338 e. The highest BCUT2D eigenvalue weighted by molar-refractivity contribution is 6.32. The molecule has 1 saturated carbocycles. The van der Waals surface area contributed by atoms with Crippen molar-refractivity contribution < 1.29 is 23.8 Å². The van der Waals surface area contributed by atoms with Crippen molar-refractivity contribution in [2.24, 2.45) is 0 Å². The van der Waals surface area contributed by atoms with Crippen molar-refractivity contribution in [1.82, 2.24) is 14.5 Å². The molecule has 7 nitrogen and oxygen atoms in total. The number of aromatic carboxylic acids is 1. The number of aromatic nitrogens is 2. The number of nitrogens with zero attached hydrogens (tertiary/aromatic N) is 3. The van der Waals surface area contributed by atoms with Crippen molar-refractivity contribution >= 4 is 28.6 Å². The van der Waals surface area contributed by atoms with E-state index in [2.05, 4.69) is 42.2 Å². The van der Waals surface area contributed by atoms with Crippen molar-refractivity contribution in [1.29, 1.82) is 0 Å². The Hall–Kier alpha value is -3.46. The molecule has 2 fully saturated rings. The first-order valence-electron chi connectivity index (χ1n) is 14.7. The molecule has 1 aliphatic carbocycles. The SMILES string of the molecule is C[C@H]1c2cc(OCc3ccc(C4CC4)cc3)c(Cl)cc2CCN1Cc1nc2ccc(C(=O)O)c(F)c2n1C[C@@H]1CCO1. The third-order valence-corrected chi connectivity index (χ3v) is 9.26. The standard InChI is InChI=1S/C33H33ClFN3O4/c1-19-26-15-29(42-18-20-2-4-21(5-3-20)22-6-7-22)27(34)14-23(26)10-12-37(19)17-30-36-28-9-8-25(33(39)40)31(35)32(28)38(30)16-24-11-13-41-24/h2-5,8-9,14-15,19,22,24H,6-7,10-13,16-18H2,1H3,(H,39,40)/t19-,24-/m0/s1. The fraction of sp³-hybridized carbons (Fsp3) is 0.394. The van der Waals surface area contributed by atoms with E-state index < -0.39 is 11.8 Å². The summed E-state index contributed by atoms with van der Waals surface area (Å²) in [4.78, 5) is 18.7. The van der Waals surface area contributed by atoms with Crippen LogP contribution in [0, 0.1) is 5.82 Å². The third kappa shape index (κ3) is 5.16. The van der Waals surface area contributed by atoms with E-state index in [-0.39, 0.29) is 23.2 Å². The first kappa shape index (κ1) is 27.4. The van der Waals surface area contributed by atoms with Gasteiger partial charge >= 0.3 is 5.97 Å². The molecule has 0 bridgehead atoms. The summed E-state index contributed by atoms with van der Waals surface area (Å²) in [5.41, 5.74) is 5.16. The monoisotopic (exact) mass is 589 g/mol. The van der Waals surface area contributed by atoms with Crippen molar-refractivity contribution in [2.75, 3.05) is 13.2 Å². The van der Waals surface area contributed by atoms with Crippen LogP contribution in [0.3, 0.4) is 0 Å². The number of carbonyl (C=O) groups is 1. The average molecular weight is 590 g/mol. The predicted molar refractivity (Wildman–Crippen MR) is 158 cm³/mol. The lowest BCUT2D eigenvalue weighted by Gasteiger charge is -2.36. The van der Waals surface area contributed by atoms with Crippen LogP contribution in [0.15, 0.2) is 48.5 Å². The Bertz CT molecular complexity index is 1660. The fourth-order valence-corrected chi connectivity index (χ4v) is 6.43. The van der Waals surface area contributed by atoms with Crippen LogP contribution >= 0.6 is 11.6 Å². The zero-order valence-corrected chi connectivity index (χ0v) is 24.2. The van der Waals surface area contributed by atoms with Gasteiger partial charge < -0.3 is 19.1 Å². The summed E-state index contributed by atoms with van der Waals surface area (Å²) in [5, 5.41) is 10.1. The molecule has 0 unspecified atom stereocenters. The lowest BCUT2D eigenvalue weighted by atomic mass is 9.93. The zero-order chi connectivity index (χ0) is 29.0. The number of benzene rings is 3. The second kappa shape index (κ2) is 11.0. The predicted octanol–water partition coefficient (Wildman–Crippen LogP) is 6.89. The summed E-state index contributed by atoms with van der Waals surface area (Å²) in [7, 11) is 0.